The molecule has 0 unspecified atom stereocenters. The van der Waals surface area contributed by atoms with Crippen LogP contribution in [0.25, 0.3) is 94.0 Å². The summed E-state index contributed by atoms with van der Waals surface area (Å²) in [7, 11) is 0. The van der Waals surface area contributed by atoms with Crippen LogP contribution in [0.4, 0.5) is 0 Å². The van der Waals surface area contributed by atoms with Crippen LogP contribution >= 0.6 is 0 Å². The first kappa shape index (κ1) is 34.7. The standard InChI is InChI=1S/C58H40O/c1-4-16-39(17-5-1)41-32-35-46(36-33-41)59-58-52-26-14-12-24-49(52)56(50-25-13-15-27-53(50)58)44-30-28-43(29-31-44)55-47-22-10-11-23-48(47)57(42-20-8-3-9-21-42)54-38-45(34-37-51(54)55)40-18-6-2-7-19-40/h1-12,14-24,26-38H,13,25H2. The van der Waals surface area contributed by atoms with Crippen molar-refractivity contribution in [3.05, 3.63) is 223 Å². The van der Waals surface area contributed by atoms with Crippen molar-refractivity contribution in [2.45, 2.75) is 12.8 Å². The maximum Gasteiger partial charge on any atom is 0.142 e. The van der Waals surface area contributed by atoms with Crippen LogP contribution in [-0.4, -0.2) is 0 Å². The minimum Gasteiger partial charge on any atom is -0.456 e. The van der Waals surface area contributed by atoms with E-state index in [-0.39, 0.29) is 0 Å². The van der Waals surface area contributed by atoms with E-state index >= 15 is 0 Å². The van der Waals surface area contributed by atoms with Gasteiger partial charge in [0.05, 0.1) is 0 Å². The van der Waals surface area contributed by atoms with Crippen LogP contribution in [0, 0.1) is 0 Å². The topological polar surface area (TPSA) is 9.23 Å². The first-order valence-electron chi connectivity index (χ1n) is 20.6. The van der Waals surface area contributed by atoms with Gasteiger partial charge in [0.2, 0.25) is 0 Å². The smallest absolute Gasteiger partial charge is 0.142 e. The van der Waals surface area contributed by atoms with E-state index in [2.05, 4.69) is 218 Å². The molecule has 10 aromatic carbocycles. The third-order valence-corrected chi connectivity index (χ3v) is 12.0. The minimum atomic E-state index is 0.835. The van der Waals surface area contributed by atoms with Crippen molar-refractivity contribution < 1.29 is 4.74 Å². The van der Waals surface area contributed by atoms with Crippen molar-refractivity contribution in [3.63, 3.8) is 0 Å². The van der Waals surface area contributed by atoms with Crippen LogP contribution in [-0.2, 0) is 6.42 Å². The molecular weight excluding hydrogens is 713 g/mol. The Kier molecular flexibility index (Phi) is 8.71. The molecule has 0 N–H and O–H groups in total. The molecular formula is C58H40O. The molecule has 0 radical (unpaired) electrons. The molecule has 59 heavy (non-hydrogen) atoms. The van der Waals surface area contributed by atoms with Crippen molar-refractivity contribution in [2.75, 3.05) is 0 Å². The summed E-state index contributed by atoms with van der Waals surface area (Å²) in [5.74, 6) is 1.76. The summed E-state index contributed by atoms with van der Waals surface area (Å²) in [6.07, 6.45) is 6.51. The lowest BCUT2D eigenvalue weighted by atomic mass is 9.83. The maximum absolute atomic E-state index is 6.86. The number of hydrogen-bond acceptors (Lipinski definition) is 1. The molecule has 11 rings (SSSR count). The van der Waals surface area contributed by atoms with E-state index in [1.165, 1.54) is 93.7 Å². The van der Waals surface area contributed by atoms with E-state index in [0.29, 0.717) is 0 Å². The van der Waals surface area contributed by atoms with Gasteiger partial charge in [-0.15, -0.1) is 0 Å². The van der Waals surface area contributed by atoms with Gasteiger partial charge in [-0.3, -0.25) is 0 Å². The highest BCUT2D eigenvalue weighted by Crippen LogP contribution is 2.48. The lowest BCUT2D eigenvalue weighted by molar-refractivity contribution is 0.486. The van der Waals surface area contributed by atoms with Gasteiger partial charge in [-0.1, -0.05) is 200 Å². The summed E-state index contributed by atoms with van der Waals surface area (Å²) >= 11 is 0. The third kappa shape index (κ3) is 6.20. The van der Waals surface area contributed by atoms with Crippen molar-refractivity contribution in [1.82, 2.24) is 0 Å². The van der Waals surface area contributed by atoms with Crippen LogP contribution in [0.2, 0.25) is 0 Å². The second-order valence-electron chi connectivity index (χ2n) is 15.4. The molecule has 0 fully saturated rings. The third-order valence-electron chi connectivity index (χ3n) is 12.0. The second-order valence-corrected chi connectivity index (χ2v) is 15.4. The quantitative estimate of drug-likeness (QED) is 0.147. The average Bonchev–Trinajstić information content (AvgIpc) is 3.32. The Hall–Kier alpha value is -7.48. The van der Waals surface area contributed by atoms with Crippen LogP contribution in [0.15, 0.2) is 212 Å². The first-order chi connectivity index (χ1) is 29.3. The molecule has 1 nitrogen and oxygen atoms in total. The zero-order chi connectivity index (χ0) is 39.1. The van der Waals surface area contributed by atoms with Gasteiger partial charge in [0.1, 0.15) is 11.5 Å². The number of rotatable bonds is 7. The zero-order valence-electron chi connectivity index (χ0n) is 32.6. The lowest BCUT2D eigenvalue weighted by Gasteiger charge is -2.23. The Balaban J connectivity index is 1.05. The molecule has 1 aliphatic carbocycles. The summed E-state index contributed by atoms with van der Waals surface area (Å²) in [6, 6.07) is 74.6. The predicted molar refractivity (Wildman–Crippen MR) is 250 cm³/mol. The van der Waals surface area contributed by atoms with Gasteiger partial charge in [0.15, 0.2) is 0 Å². The summed E-state index contributed by atoms with van der Waals surface area (Å²) in [4.78, 5) is 0. The van der Waals surface area contributed by atoms with Crippen LogP contribution < -0.4 is 4.74 Å². The molecule has 0 heterocycles. The second kappa shape index (κ2) is 14.8. The van der Waals surface area contributed by atoms with Crippen molar-refractivity contribution in [2.24, 2.45) is 0 Å². The molecule has 1 aliphatic rings. The molecule has 0 atom stereocenters. The molecule has 0 bridgehead atoms. The molecule has 0 aliphatic heterocycles. The Morgan fingerprint density at radius 1 is 0.322 bits per heavy atom. The van der Waals surface area contributed by atoms with Crippen molar-refractivity contribution in [3.8, 4) is 67.1 Å². The highest BCUT2D eigenvalue weighted by atomic mass is 16.5. The summed E-state index contributed by atoms with van der Waals surface area (Å²) < 4.78 is 6.86. The van der Waals surface area contributed by atoms with E-state index < -0.39 is 0 Å². The van der Waals surface area contributed by atoms with Gasteiger partial charge in [0.25, 0.3) is 0 Å². The molecule has 0 saturated heterocycles. The molecule has 10 aromatic rings. The fourth-order valence-electron chi connectivity index (χ4n) is 9.27. The molecule has 0 amide bonds. The average molecular weight is 753 g/mol. The SMILES string of the molecule is C1=Cc2c(c(-c3ccc(-c4c5ccccc5c(-c5ccccc5)c5cc(-c6ccccc6)ccc45)cc3)c3ccccc3c2Oc2ccc(-c3ccccc3)cc2)CC1. The van der Waals surface area contributed by atoms with Crippen LogP contribution in [0.5, 0.6) is 11.5 Å². The number of fused-ring (bicyclic) bond motifs is 4. The van der Waals surface area contributed by atoms with E-state index in [0.717, 1.165) is 29.7 Å². The molecule has 278 valence electrons. The van der Waals surface area contributed by atoms with Crippen LogP contribution in [0.3, 0.4) is 0 Å². The Morgan fingerprint density at radius 3 is 1.37 bits per heavy atom. The lowest BCUT2D eigenvalue weighted by Crippen LogP contribution is -2.02. The maximum atomic E-state index is 6.86. The Bertz CT molecular complexity index is 3180. The molecule has 1 heteroatoms. The fourth-order valence-corrected chi connectivity index (χ4v) is 9.27. The first-order valence-corrected chi connectivity index (χ1v) is 20.6. The number of ether oxygens (including phenoxy) is 1. The van der Waals surface area contributed by atoms with Gasteiger partial charge in [-0.2, -0.15) is 0 Å². The van der Waals surface area contributed by atoms with E-state index in [9.17, 15) is 0 Å². The van der Waals surface area contributed by atoms with E-state index in [1.54, 1.807) is 0 Å². The largest absolute Gasteiger partial charge is 0.456 e. The number of benzene rings is 10. The van der Waals surface area contributed by atoms with Gasteiger partial charge < -0.3 is 4.74 Å². The highest BCUT2D eigenvalue weighted by Gasteiger charge is 2.23. The minimum absolute atomic E-state index is 0.835. The van der Waals surface area contributed by atoms with Gasteiger partial charge in [-0.25, -0.2) is 0 Å². The zero-order valence-corrected chi connectivity index (χ0v) is 32.6. The predicted octanol–water partition coefficient (Wildman–Crippen LogP) is 16.2. The normalized spacial score (nSPS) is 12.2. The fraction of sp³-hybridized carbons (Fsp3) is 0.0345. The summed E-state index contributed by atoms with van der Waals surface area (Å²) in [6.45, 7) is 0. The highest BCUT2D eigenvalue weighted by molar-refractivity contribution is 6.22. The molecule has 0 aromatic heterocycles. The summed E-state index contributed by atoms with van der Waals surface area (Å²) in [5, 5.41) is 7.35. The van der Waals surface area contributed by atoms with Gasteiger partial charge >= 0.3 is 0 Å². The van der Waals surface area contributed by atoms with E-state index in [4.69, 9.17) is 4.74 Å². The number of hydrogen-bond donors (Lipinski definition) is 0. The Morgan fingerprint density at radius 2 is 0.746 bits per heavy atom. The van der Waals surface area contributed by atoms with Crippen molar-refractivity contribution in [1.29, 1.82) is 0 Å². The van der Waals surface area contributed by atoms with Crippen molar-refractivity contribution >= 4 is 38.4 Å². The number of allylic oxidation sites excluding steroid dienone is 1. The van der Waals surface area contributed by atoms with E-state index in [1.807, 2.05) is 0 Å². The van der Waals surface area contributed by atoms with Gasteiger partial charge in [-0.05, 0) is 119 Å². The van der Waals surface area contributed by atoms with Crippen LogP contribution in [0.1, 0.15) is 17.5 Å². The summed E-state index contributed by atoms with van der Waals surface area (Å²) in [5.41, 5.74) is 14.8. The molecule has 0 saturated carbocycles. The monoisotopic (exact) mass is 752 g/mol. The molecule has 0 spiro atoms. The Labute approximate surface area is 345 Å². The van der Waals surface area contributed by atoms with Gasteiger partial charge in [0, 0.05) is 10.9 Å².